The molecule has 5 nitrogen and oxygen atoms in total. The Kier molecular flexibility index (Phi) is 4.09. The van der Waals surface area contributed by atoms with E-state index in [9.17, 15) is 4.79 Å². The van der Waals surface area contributed by atoms with Gasteiger partial charge in [0.15, 0.2) is 5.84 Å². The van der Waals surface area contributed by atoms with Gasteiger partial charge in [-0.25, -0.2) is 0 Å². The minimum atomic E-state index is -0.388. The zero-order chi connectivity index (χ0) is 14.0. The topological polar surface area (TPSA) is 87.7 Å². The van der Waals surface area contributed by atoms with Crippen molar-refractivity contribution < 1.29 is 10.0 Å². The number of oxime groups is 1. The number of amidine groups is 1. The van der Waals surface area contributed by atoms with Gasteiger partial charge in [0.05, 0.1) is 6.04 Å². The predicted octanol–water partition coefficient (Wildman–Crippen LogP) is 2.01. The molecule has 0 spiro atoms. The molecule has 1 unspecified atom stereocenters. The van der Waals surface area contributed by atoms with Crippen molar-refractivity contribution in [3.8, 4) is 0 Å². The molecule has 6 heteroatoms. The molecule has 0 heterocycles. The maximum Gasteiger partial charge on any atom is 0.251 e. The van der Waals surface area contributed by atoms with Crippen LogP contribution in [0.15, 0.2) is 27.8 Å². The van der Waals surface area contributed by atoms with E-state index in [4.69, 9.17) is 10.9 Å². The predicted molar refractivity (Wildman–Crippen MR) is 76.3 cm³/mol. The average molecular weight is 326 g/mol. The maximum absolute atomic E-state index is 12.2. The number of benzene rings is 1. The van der Waals surface area contributed by atoms with E-state index in [0.29, 0.717) is 5.56 Å². The summed E-state index contributed by atoms with van der Waals surface area (Å²) in [4.78, 5) is 12.2. The second-order valence-corrected chi connectivity index (χ2v) is 5.63. The van der Waals surface area contributed by atoms with Gasteiger partial charge in [-0.1, -0.05) is 21.1 Å². The van der Waals surface area contributed by atoms with Crippen LogP contribution in [0.4, 0.5) is 0 Å². The summed E-state index contributed by atoms with van der Waals surface area (Å²) in [7, 11) is 0. The van der Waals surface area contributed by atoms with Gasteiger partial charge in [-0.15, -0.1) is 0 Å². The first-order valence-corrected chi connectivity index (χ1v) is 6.86. The molecule has 0 aromatic heterocycles. The van der Waals surface area contributed by atoms with Gasteiger partial charge < -0.3 is 16.3 Å². The second-order valence-electron chi connectivity index (χ2n) is 4.78. The van der Waals surface area contributed by atoms with Crippen LogP contribution in [0.5, 0.6) is 0 Å². The number of amides is 1. The maximum atomic E-state index is 12.2. The summed E-state index contributed by atoms with van der Waals surface area (Å²) < 4.78 is 0.958. The van der Waals surface area contributed by atoms with E-state index < -0.39 is 0 Å². The molecule has 1 amide bonds. The summed E-state index contributed by atoms with van der Waals surface area (Å²) in [5, 5.41) is 14.6. The Morgan fingerprint density at radius 1 is 1.58 bits per heavy atom. The molecule has 0 aliphatic heterocycles. The van der Waals surface area contributed by atoms with E-state index >= 15 is 0 Å². The fourth-order valence-electron chi connectivity index (χ4n) is 1.94. The van der Waals surface area contributed by atoms with Crippen LogP contribution in [-0.2, 0) is 0 Å². The first-order chi connectivity index (χ1) is 9.02. The molecular formula is C13H16BrN3O2. The van der Waals surface area contributed by atoms with Crippen molar-refractivity contribution >= 4 is 27.7 Å². The first kappa shape index (κ1) is 13.9. The van der Waals surface area contributed by atoms with E-state index in [1.165, 1.54) is 0 Å². The smallest absolute Gasteiger partial charge is 0.251 e. The van der Waals surface area contributed by atoms with Crippen molar-refractivity contribution in [2.75, 3.05) is 0 Å². The highest BCUT2D eigenvalue weighted by Gasteiger charge is 2.35. The Morgan fingerprint density at radius 3 is 2.79 bits per heavy atom. The fraction of sp³-hybridized carbons (Fsp3) is 0.385. The van der Waals surface area contributed by atoms with Crippen LogP contribution in [0, 0.1) is 12.8 Å². The van der Waals surface area contributed by atoms with Crippen LogP contribution >= 0.6 is 15.9 Å². The largest absolute Gasteiger partial charge is 0.409 e. The third-order valence-electron chi connectivity index (χ3n) is 3.23. The van der Waals surface area contributed by atoms with Gasteiger partial charge in [-0.05, 0) is 49.4 Å². The molecular weight excluding hydrogens is 310 g/mol. The molecule has 1 aromatic rings. The molecule has 2 rings (SSSR count). The Labute approximate surface area is 120 Å². The van der Waals surface area contributed by atoms with Crippen LogP contribution in [0.25, 0.3) is 0 Å². The minimum absolute atomic E-state index is 0.0599. The van der Waals surface area contributed by atoms with E-state index in [-0.39, 0.29) is 23.7 Å². The van der Waals surface area contributed by atoms with Gasteiger partial charge in [-0.3, -0.25) is 4.79 Å². The van der Waals surface area contributed by atoms with Crippen LogP contribution in [0.1, 0.15) is 28.8 Å². The van der Waals surface area contributed by atoms with Crippen molar-refractivity contribution in [1.29, 1.82) is 0 Å². The number of halogens is 1. The Balaban J connectivity index is 2.12. The third-order valence-corrected chi connectivity index (χ3v) is 4.12. The highest BCUT2D eigenvalue weighted by molar-refractivity contribution is 9.10. The quantitative estimate of drug-likeness (QED) is 0.342. The first-order valence-electron chi connectivity index (χ1n) is 6.07. The Bertz CT molecular complexity index is 527. The summed E-state index contributed by atoms with van der Waals surface area (Å²) in [6.07, 6.45) is 1.97. The molecule has 0 bridgehead atoms. The Hall–Kier alpha value is -1.56. The molecule has 1 aliphatic rings. The van der Waals surface area contributed by atoms with E-state index in [1.807, 2.05) is 13.0 Å². The summed E-state index contributed by atoms with van der Waals surface area (Å²) in [5.74, 6) is 0.125. The number of rotatable bonds is 4. The number of nitrogens with zero attached hydrogens (tertiary/aromatic N) is 1. The summed E-state index contributed by atoms with van der Waals surface area (Å²) in [6.45, 7) is 1.92. The van der Waals surface area contributed by atoms with Crippen molar-refractivity contribution in [3.05, 3.63) is 33.8 Å². The molecule has 102 valence electrons. The van der Waals surface area contributed by atoms with Gasteiger partial charge in [0.1, 0.15) is 0 Å². The standard InChI is InChI=1S/C13H16BrN3O2/c1-7-6-9(4-5-10(7)14)13(18)16-11(8-2-3-8)12(15)17-19/h4-6,8,11,19H,2-3H2,1H3,(H2,15,17)(H,16,18). The second kappa shape index (κ2) is 5.61. The number of hydrogen-bond acceptors (Lipinski definition) is 3. The zero-order valence-corrected chi connectivity index (χ0v) is 12.1. The van der Waals surface area contributed by atoms with Gasteiger partial charge in [0.25, 0.3) is 5.91 Å². The molecule has 1 saturated carbocycles. The monoisotopic (exact) mass is 325 g/mol. The number of nitrogens with two attached hydrogens (primary N) is 1. The van der Waals surface area contributed by atoms with E-state index in [2.05, 4.69) is 26.4 Å². The molecule has 1 atom stereocenters. The van der Waals surface area contributed by atoms with E-state index in [0.717, 1.165) is 22.9 Å². The molecule has 1 aromatic carbocycles. The molecule has 1 aliphatic carbocycles. The van der Waals surface area contributed by atoms with Gasteiger partial charge >= 0.3 is 0 Å². The molecule has 1 fully saturated rings. The summed E-state index contributed by atoms with van der Waals surface area (Å²) in [6, 6.07) is 4.99. The Morgan fingerprint density at radius 2 is 2.26 bits per heavy atom. The third kappa shape index (κ3) is 3.26. The van der Waals surface area contributed by atoms with Crippen LogP contribution in [0.3, 0.4) is 0 Å². The fourth-order valence-corrected chi connectivity index (χ4v) is 2.18. The van der Waals surface area contributed by atoms with Crippen LogP contribution in [0.2, 0.25) is 0 Å². The number of aryl methyl sites for hydroxylation is 1. The van der Waals surface area contributed by atoms with Gasteiger partial charge in [0, 0.05) is 10.0 Å². The number of carbonyl (C=O) groups is 1. The SMILES string of the molecule is Cc1cc(C(=O)NC(/C(N)=N/O)C2CC2)ccc1Br. The minimum Gasteiger partial charge on any atom is -0.409 e. The van der Waals surface area contributed by atoms with Crippen molar-refractivity contribution in [2.45, 2.75) is 25.8 Å². The molecule has 19 heavy (non-hydrogen) atoms. The van der Waals surface area contributed by atoms with Crippen molar-refractivity contribution in [2.24, 2.45) is 16.8 Å². The van der Waals surface area contributed by atoms with Gasteiger partial charge in [-0.2, -0.15) is 0 Å². The molecule has 0 saturated heterocycles. The number of hydrogen-bond donors (Lipinski definition) is 3. The summed E-state index contributed by atoms with van der Waals surface area (Å²) in [5.41, 5.74) is 7.17. The lowest BCUT2D eigenvalue weighted by Gasteiger charge is -2.17. The zero-order valence-electron chi connectivity index (χ0n) is 10.6. The molecule has 0 radical (unpaired) electrons. The van der Waals surface area contributed by atoms with Crippen molar-refractivity contribution in [3.63, 3.8) is 0 Å². The highest BCUT2D eigenvalue weighted by atomic mass is 79.9. The lowest BCUT2D eigenvalue weighted by Crippen LogP contribution is -2.46. The average Bonchev–Trinajstić information content (AvgIpc) is 3.22. The number of carbonyl (C=O) groups excluding carboxylic acids is 1. The summed E-state index contributed by atoms with van der Waals surface area (Å²) >= 11 is 3.39. The van der Waals surface area contributed by atoms with Gasteiger partial charge in [0.2, 0.25) is 0 Å². The molecule has 4 N–H and O–H groups in total. The number of nitrogens with one attached hydrogen (secondary N) is 1. The lowest BCUT2D eigenvalue weighted by atomic mass is 10.1. The van der Waals surface area contributed by atoms with E-state index in [1.54, 1.807) is 12.1 Å². The highest BCUT2D eigenvalue weighted by Crippen LogP contribution is 2.33. The normalized spacial score (nSPS) is 17.1. The van der Waals surface area contributed by atoms with Crippen molar-refractivity contribution in [1.82, 2.24) is 5.32 Å². The lowest BCUT2D eigenvalue weighted by molar-refractivity contribution is 0.0943. The van der Waals surface area contributed by atoms with Crippen LogP contribution < -0.4 is 11.1 Å². The van der Waals surface area contributed by atoms with Crippen LogP contribution in [-0.4, -0.2) is 23.0 Å².